The van der Waals surface area contributed by atoms with Gasteiger partial charge < -0.3 is 10.3 Å². The highest BCUT2D eigenvalue weighted by Crippen LogP contribution is 2.21. The number of hydrogen-bond donors (Lipinski definition) is 2. The second-order valence-corrected chi connectivity index (χ2v) is 8.95. The second kappa shape index (κ2) is 8.22. The lowest BCUT2D eigenvalue weighted by molar-refractivity contribution is 0.0946. The van der Waals surface area contributed by atoms with Crippen LogP contribution >= 0.6 is 0 Å². The van der Waals surface area contributed by atoms with Gasteiger partial charge in [-0.15, -0.1) is 0 Å². The second-order valence-electron chi connectivity index (χ2n) is 7.02. The molecule has 1 aliphatic heterocycles. The maximum Gasteiger partial charge on any atom is 0.268 e. The molecule has 0 saturated carbocycles. The van der Waals surface area contributed by atoms with E-state index in [1.54, 1.807) is 6.20 Å². The minimum Gasteiger partial charge on any atom is -0.356 e. The van der Waals surface area contributed by atoms with Crippen LogP contribution in [-0.4, -0.2) is 46.5 Å². The van der Waals surface area contributed by atoms with Crippen molar-refractivity contribution in [3.63, 3.8) is 0 Å². The number of rotatable bonds is 7. The Morgan fingerprint density at radius 1 is 1.14 bits per heavy atom. The van der Waals surface area contributed by atoms with Gasteiger partial charge in [-0.2, -0.15) is 9.40 Å². The summed E-state index contributed by atoms with van der Waals surface area (Å²) in [7, 11) is -3.54. The van der Waals surface area contributed by atoms with Gasteiger partial charge in [-0.1, -0.05) is 24.3 Å². The topological polar surface area (TPSA) is 100 Å². The molecule has 29 heavy (non-hydrogen) atoms. The molecule has 1 amide bonds. The Balaban J connectivity index is 1.43. The molecular weight excluding hydrogens is 390 g/mol. The highest BCUT2D eigenvalue weighted by molar-refractivity contribution is 7.89. The van der Waals surface area contributed by atoms with Crippen LogP contribution in [0.25, 0.3) is 0 Å². The Kier molecular flexibility index (Phi) is 5.50. The van der Waals surface area contributed by atoms with Crippen molar-refractivity contribution in [3.05, 3.63) is 71.8 Å². The summed E-state index contributed by atoms with van der Waals surface area (Å²) in [5, 5.41) is 7.08. The van der Waals surface area contributed by atoms with Gasteiger partial charge in [-0.25, -0.2) is 8.42 Å². The number of carbonyl (C=O) groups is 1. The quantitative estimate of drug-likeness (QED) is 0.618. The molecule has 1 saturated heterocycles. The van der Waals surface area contributed by atoms with Gasteiger partial charge in [0.25, 0.3) is 5.91 Å². The molecule has 3 heterocycles. The molecule has 4 rings (SSSR count). The average Bonchev–Trinajstić information content (AvgIpc) is 3.49. The Morgan fingerprint density at radius 2 is 1.90 bits per heavy atom. The molecule has 1 aromatic carbocycles. The highest BCUT2D eigenvalue weighted by atomic mass is 32.2. The molecule has 3 aromatic rings. The van der Waals surface area contributed by atoms with Crippen molar-refractivity contribution in [1.82, 2.24) is 24.4 Å². The average molecular weight is 414 g/mol. The van der Waals surface area contributed by atoms with E-state index in [1.807, 2.05) is 41.2 Å². The van der Waals surface area contributed by atoms with Crippen LogP contribution in [0.1, 0.15) is 34.5 Å². The number of H-pyrrole nitrogens is 1. The number of aromatic amines is 1. The predicted octanol–water partition coefficient (Wildman–Crippen LogP) is 1.97. The molecule has 9 heteroatoms. The van der Waals surface area contributed by atoms with Crippen molar-refractivity contribution in [1.29, 1.82) is 0 Å². The van der Waals surface area contributed by atoms with Crippen LogP contribution in [0.2, 0.25) is 0 Å². The number of hydrogen-bond acceptors (Lipinski definition) is 4. The van der Waals surface area contributed by atoms with E-state index in [4.69, 9.17) is 0 Å². The molecule has 0 aliphatic carbocycles. The van der Waals surface area contributed by atoms with Gasteiger partial charge in [-0.05, 0) is 36.1 Å². The van der Waals surface area contributed by atoms with Crippen molar-refractivity contribution in [3.8, 4) is 0 Å². The summed E-state index contributed by atoms with van der Waals surface area (Å²) in [5.74, 6) is -0.346. The number of aromatic nitrogens is 3. The molecule has 2 aromatic heterocycles. The summed E-state index contributed by atoms with van der Waals surface area (Å²) in [6.45, 7) is 2.01. The number of benzene rings is 1. The molecule has 152 valence electrons. The molecule has 1 aliphatic rings. The third-order valence-corrected chi connectivity index (χ3v) is 6.93. The van der Waals surface area contributed by atoms with Crippen molar-refractivity contribution in [2.75, 3.05) is 13.1 Å². The molecular formula is C20H23N5O3S. The number of carbonyl (C=O) groups excluding carboxylic acids is 1. The predicted molar refractivity (Wildman–Crippen MR) is 108 cm³/mol. The third kappa shape index (κ3) is 4.25. The number of nitrogens with zero attached hydrogens (tertiary/aromatic N) is 3. The summed E-state index contributed by atoms with van der Waals surface area (Å²) in [5.41, 5.74) is 2.26. The minimum atomic E-state index is -3.54. The van der Waals surface area contributed by atoms with Crippen LogP contribution in [0.3, 0.4) is 0 Å². The molecule has 0 radical (unpaired) electrons. The molecule has 2 N–H and O–H groups in total. The zero-order chi connectivity index (χ0) is 20.3. The summed E-state index contributed by atoms with van der Waals surface area (Å²) in [6.07, 6.45) is 6.73. The standard InChI is InChI=1S/C20H23N5O3S/c26-20(19-12-18(14-21-19)29(27,28)25-10-3-4-11-25)22-13-16-6-1-2-7-17(16)15-24-9-5-8-23-24/h1-2,5-9,12,14,21H,3-4,10-11,13,15H2,(H,22,26). The Hall–Kier alpha value is -2.91. The van der Waals surface area contributed by atoms with Crippen LogP contribution in [0.5, 0.6) is 0 Å². The highest BCUT2D eigenvalue weighted by Gasteiger charge is 2.28. The third-order valence-electron chi connectivity index (χ3n) is 5.05. The van der Waals surface area contributed by atoms with E-state index in [1.165, 1.54) is 16.6 Å². The van der Waals surface area contributed by atoms with Crippen molar-refractivity contribution in [2.45, 2.75) is 30.8 Å². The first kappa shape index (κ1) is 19.4. The van der Waals surface area contributed by atoms with E-state index in [0.29, 0.717) is 26.2 Å². The van der Waals surface area contributed by atoms with Gasteiger partial charge >= 0.3 is 0 Å². The normalized spacial score (nSPS) is 14.9. The van der Waals surface area contributed by atoms with E-state index in [-0.39, 0.29) is 16.5 Å². The first-order valence-corrected chi connectivity index (χ1v) is 11.0. The van der Waals surface area contributed by atoms with Crippen LogP contribution in [-0.2, 0) is 23.1 Å². The molecule has 0 atom stereocenters. The lowest BCUT2D eigenvalue weighted by atomic mass is 10.1. The minimum absolute atomic E-state index is 0.128. The molecule has 1 fully saturated rings. The van der Waals surface area contributed by atoms with Crippen molar-refractivity contribution < 1.29 is 13.2 Å². The van der Waals surface area contributed by atoms with Crippen LogP contribution in [0.4, 0.5) is 0 Å². The van der Waals surface area contributed by atoms with E-state index in [2.05, 4.69) is 15.4 Å². The zero-order valence-corrected chi connectivity index (χ0v) is 16.7. The molecule has 0 spiro atoms. The van der Waals surface area contributed by atoms with Gasteiger partial charge in [0.15, 0.2) is 0 Å². The van der Waals surface area contributed by atoms with E-state index >= 15 is 0 Å². The monoisotopic (exact) mass is 413 g/mol. The first-order valence-electron chi connectivity index (χ1n) is 9.55. The largest absolute Gasteiger partial charge is 0.356 e. The first-order chi connectivity index (χ1) is 14.0. The van der Waals surface area contributed by atoms with Gasteiger partial charge in [-0.3, -0.25) is 9.48 Å². The lowest BCUT2D eigenvalue weighted by Crippen LogP contribution is -2.27. The Bertz CT molecular complexity index is 1080. The number of sulfonamides is 1. The Labute approximate surface area is 169 Å². The van der Waals surface area contributed by atoms with Gasteiger partial charge in [0.2, 0.25) is 10.0 Å². The Morgan fingerprint density at radius 3 is 2.62 bits per heavy atom. The fourth-order valence-corrected chi connectivity index (χ4v) is 4.97. The lowest BCUT2D eigenvalue weighted by Gasteiger charge is -2.13. The van der Waals surface area contributed by atoms with Crippen LogP contribution in [0.15, 0.2) is 59.9 Å². The maximum atomic E-state index is 12.6. The van der Waals surface area contributed by atoms with Crippen LogP contribution in [0, 0.1) is 0 Å². The maximum absolute atomic E-state index is 12.6. The fraction of sp³-hybridized carbons (Fsp3) is 0.300. The summed E-state index contributed by atoms with van der Waals surface area (Å²) < 4.78 is 28.5. The molecule has 0 unspecified atom stereocenters. The van der Waals surface area contributed by atoms with Gasteiger partial charge in [0.05, 0.1) is 6.54 Å². The zero-order valence-electron chi connectivity index (χ0n) is 15.9. The summed E-state index contributed by atoms with van der Waals surface area (Å²) in [4.78, 5) is 15.5. The van der Waals surface area contributed by atoms with E-state index in [0.717, 1.165) is 24.0 Å². The van der Waals surface area contributed by atoms with E-state index < -0.39 is 10.0 Å². The SMILES string of the molecule is O=C(NCc1ccccc1Cn1cccn1)c1cc(S(=O)(=O)N2CCCC2)c[nH]1. The van der Waals surface area contributed by atoms with Gasteiger partial charge in [0.1, 0.15) is 10.6 Å². The fourth-order valence-electron chi connectivity index (χ4n) is 3.46. The summed E-state index contributed by atoms with van der Waals surface area (Å²) >= 11 is 0. The number of amides is 1. The van der Waals surface area contributed by atoms with Crippen molar-refractivity contribution in [2.24, 2.45) is 0 Å². The number of nitrogens with one attached hydrogen (secondary N) is 2. The van der Waals surface area contributed by atoms with Gasteiger partial charge in [0, 0.05) is 38.2 Å². The van der Waals surface area contributed by atoms with Crippen molar-refractivity contribution >= 4 is 15.9 Å². The molecule has 8 nitrogen and oxygen atoms in total. The summed E-state index contributed by atoms with van der Waals surface area (Å²) in [6, 6.07) is 11.1. The smallest absolute Gasteiger partial charge is 0.268 e. The molecule has 0 bridgehead atoms. The van der Waals surface area contributed by atoms with Crippen LogP contribution < -0.4 is 5.32 Å². The van der Waals surface area contributed by atoms with E-state index in [9.17, 15) is 13.2 Å².